The normalized spacial score (nSPS) is 29.2. The van der Waals surface area contributed by atoms with Crippen LogP contribution in [0.1, 0.15) is 45.2 Å². The molecule has 0 amide bonds. The van der Waals surface area contributed by atoms with Crippen molar-refractivity contribution in [3.8, 4) is 0 Å². The second kappa shape index (κ2) is 3.77. The van der Waals surface area contributed by atoms with Gasteiger partial charge in [0, 0.05) is 5.88 Å². The van der Waals surface area contributed by atoms with Gasteiger partial charge >= 0.3 is 0 Å². The molecule has 0 aromatic heterocycles. The first-order valence-electron chi connectivity index (χ1n) is 6.05. The van der Waals surface area contributed by atoms with Crippen molar-refractivity contribution < 1.29 is 0 Å². The predicted molar refractivity (Wildman–Crippen MR) is 71.3 cm³/mol. The van der Waals surface area contributed by atoms with Gasteiger partial charge in [0.2, 0.25) is 0 Å². The molecule has 1 saturated carbocycles. The minimum Gasteiger partial charge on any atom is -0.126 e. The van der Waals surface area contributed by atoms with Crippen LogP contribution in [-0.2, 0) is 10.8 Å². The second-order valence-corrected chi connectivity index (χ2v) is 6.61. The first-order valence-corrected chi connectivity index (χ1v) is 6.58. The summed E-state index contributed by atoms with van der Waals surface area (Å²) in [6.07, 6.45) is 1.24. The summed E-state index contributed by atoms with van der Waals surface area (Å²) in [6.45, 7) is 9.08. The number of halogens is 1. The molecule has 0 N–H and O–H groups in total. The maximum atomic E-state index is 5.94. The molecule has 1 aromatic rings. The zero-order chi connectivity index (χ0) is 12.0. The van der Waals surface area contributed by atoms with Crippen molar-refractivity contribution in [3.05, 3.63) is 35.4 Å². The van der Waals surface area contributed by atoms with Gasteiger partial charge in [0.15, 0.2) is 0 Å². The van der Waals surface area contributed by atoms with Crippen molar-refractivity contribution in [3.63, 3.8) is 0 Å². The molecule has 2 atom stereocenters. The second-order valence-electron chi connectivity index (χ2n) is 6.30. The first kappa shape index (κ1) is 12.0. The van der Waals surface area contributed by atoms with Crippen molar-refractivity contribution in [2.45, 2.75) is 44.9 Å². The third kappa shape index (κ3) is 2.00. The standard InChI is InChI=1S/C15H21Cl/c1-14(2,3)11-5-7-12(8-6-11)15(4)9-13(15)10-16/h5-8,13H,9-10H2,1-4H3. The maximum Gasteiger partial charge on any atom is 0.0260 e. The highest BCUT2D eigenvalue weighted by molar-refractivity contribution is 6.18. The monoisotopic (exact) mass is 236 g/mol. The molecule has 2 unspecified atom stereocenters. The van der Waals surface area contributed by atoms with Crippen LogP contribution in [-0.4, -0.2) is 5.88 Å². The van der Waals surface area contributed by atoms with Crippen LogP contribution in [0.3, 0.4) is 0 Å². The lowest BCUT2D eigenvalue weighted by Gasteiger charge is -2.20. The molecule has 0 nitrogen and oxygen atoms in total. The zero-order valence-corrected chi connectivity index (χ0v) is 11.4. The van der Waals surface area contributed by atoms with Gasteiger partial charge in [-0.25, -0.2) is 0 Å². The fourth-order valence-electron chi connectivity index (χ4n) is 2.38. The molecule has 16 heavy (non-hydrogen) atoms. The molecule has 1 aliphatic rings. The van der Waals surface area contributed by atoms with Crippen LogP contribution in [0, 0.1) is 5.92 Å². The molecule has 2 rings (SSSR count). The highest BCUT2D eigenvalue weighted by Crippen LogP contribution is 2.54. The number of hydrogen-bond acceptors (Lipinski definition) is 0. The molecule has 1 heteroatoms. The largest absolute Gasteiger partial charge is 0.126 e. The van der Waals surface area contributed by atoms with E-state index in [0.29, 0.717) is 11.3 Å². The number of benzene rings is 1. The van der Waals surface area contributed by atoms with E-state index in [0.717, 1.165) is 5.88 Å². The SMILES string of the molecule is CC(C)(C)c1ccc(C2(C)CC2CCl)cc1. The Hall–Kier alpha value is -0.490. The lowest BCUT2D eigenvalue weighted by molar-refractivity contribution is 0.589. The van der Waals surface area contributed by atoms with E-state index in [9.17, 15) is 0 Å². The smallest absolute Gasteiger partial charge is 0.0260 e. The van der Waals surface area contributed by atoms with Gasteiger partial charge in [-0.3, -0.25) is 0 Å². The molecule has 0 saturated heterocycles. The van der Waals surface area contributed by atoms with Crippen LogP contribution in [0.4, 0.5) is 0 Å². The van der Waals surface area contributed by atoms with E-state index >= 15 is 0 Å². The number of hydrogen-bond donors (Lipinski definition) is 0. The van der Waals surface area contributed by atoms with Crippen LogP contribution >= 0.6 is 11.6 Å². The summed E-state index contributed by atoms with van der Waals surface area (Å²) in [5.74, 6) is 1.46. The predicted octanol–water partition coefficient (Wildman–Crippen LogP) is 4.50. The van der Waals surface area contributed by atoms with Gasteiger partial charge < -0.3 is 0 Å². The Bertz CT molecular complexity index is 371. The van der Waals surface area contributed by atoms with Gasteiger partial charge in [-0.05, 0) is 34.3 Å². The molecule has 0 radical (unpaired) electrons. The lowest BCUT2D eigenvalue weighted by Crippen LogP contribution is -2.12. The molecule has 1 aliphatic carbocycles. The molecule has 1 aromatic carbocycles. The summed E-state index contributed by atoms with van der Waals surface area (Å²) in [5, 5.41) is 0. The fraction of sp³-hybridized carbons (Fsp3) is 0.600. The van der Waals surface area contributed by atoms with E-state index in [2.05, 4.69) is 52.0 Å². The Labute approximate surface area is 104 Å². The van der Waals surface area contributed by atoms with Gasteiger partial charge in [-0.15, -0.1) is 11.6 Å². The summed E-state index contributed by atoms with van der Waals surface area (Å²) in [6, 6.07) is 9.11. The van der Waals surface area contributed by atoms with Crippen LogP contribution in [0.5, 0.6) is 0 Å². The van der Waals surface area contributed by atoms with E-state index in [1.165, 1.54) is 17.5 Å². The molecule has 1 fully saturated rings. The highest BCUT2D eigenvalue weighted by atomic mass is 35.5. The molecule has 0 heterocycles. The molecule has 0 spiro atoms. The highest BCUT2D eigenvalue weighted by Gasteiger charge is 2.50. The fourth-order valence-corrected chi connectivity index (χ4v) is 2.83. The van der Waals surface area contributed by atoms with E-state index in [-0.39, 0.29) is 5.41 Å². The first-order chi connectivity index (χ1) is 7.38. The molecule has 0 bridgehead atoms. The van der Waals surface area contributed by atoms with Crippen LogP contribution in [0.25, 0.3) is 0 Å². The molecule has 88 valence electrons. The Balaban J connectivity index is 2.21. The zero-order valence-electron chi connectivity index (χ0n) is 10.7. The average molecular weight is 237 g/mol. The van der Waals surface area contributed by atoms with Crippen LogP contribution < -0.4 is 0 Å². The van der Waals surface area contributed by atoms with Crippen molar-refractivity contribution >= 4 is 11.6 Å². The van der Waals surface area contributed by atoms with Gasteiger partial charge in [-0.1, -0.05) is 52.0 Å². The molecular weight excluding hydrogens is 216 g/mol. The van der Waals surface area contributed by atoms with Gasteiger partial charge in [0.05, 0.1) is 0 Å². The van der Waals surface area contributed by atoms with Gasteiger partial charge in [0.1, 0.15) is 0 Å². The summed E-state index contributed by atoms with van der Waals surface area (Å²) in [4.78, 5) is 0. The van der Waals surface area contributed by atoms with E-state index in [1.54, 1.807) is 0 Å². The van der Waals surface area contributed by atoms with E-state index in [1.807, 2.05) is 0 Å². The quantitative estimate of drug-likeness (QED) is 0.664. The molecule has 0 aliphatic heterocycles. The van der Waals surface area contributed by atoms with Crippen molar-refractivity contribution in [1.82, 2.24) is 0 Å². The minimum absolute atomic E-state index is 0.245. The van der Waals surface area contributed by atoms with E-state index < -0.39 is 0 Å². The topological polar surface area (TPSA) is 0 Å². The third-order valence-electron chi connectivity index (χ3n) is 4.01. The Kier molecular flexibility index (Phi) is 2.82. The van der Waals surface area contributed by atoms with Crippen molar-refractivity contribution in [2.24, 2.45) is 5.92 Å². The van der Waals surface area contributed by atoms with Crippen LogP contribution in [0.2, 0.25) is 0 Å². The van der Waals surface area contributed by atoms with Gasteiger partial charge in [0.25, 0.3) is 0 Å². The molecular formula is C15H21Cl. The van der Waals surface area contributed by atoms with Crippen molar-refractivity contribution in [1.29, 1.82) is 0 Å². The van der Waals surface area contributed by atoms with Gasteiger partial charge in [-0.2, -0.15) is 0 Å². The average Bonchev–Trinajstić information content (AvgIpc) is 2.90. The van der Waals surface area contributed by atoms with E-state index in [4.69, 9.17) is 11.6 Å². The van der Waals surface area contributed by atoms with Crippen molar-refractivity contribution in [2.75, 3.05) is 5.88 Å². The Morgan fingerprint density at radius 3 is 2.19 bits per heavy atom. The lowest BCUT2D eigenvalue weighted by atomic mass is 9.85. The summed E-state index contributed by atoms with van der Waals surface area (Å²) in [5.41, 5.74) is 3.45. The van der Waals surface area contributed by atoms with Crippen LogP contribution in [0.15, 0.2) is 24.3 Å². The minimum atomic E-state index is 0.245. The number of rotatable bonds is 2. The third-order valence-corrected chi connectivity index (χ3v) is 4.38. The number of alkyl halides is 1. The summed E-state index contributed by atoms with van der Waals surface area (Å²) < 4.78 is 0. The maximum absolute atomic E-state index is 5.94. The summed E-state index contributed by atoms with van der Waals surface area (Å²) in [7, 11) is 0. The summed E-state index contributed by atoms with van der Waals surface area (Å²) >= 11 is 5.94. The Morgan fingerprint density at radius 2 is 1.81 bits per heavy atom. The Morgan fingerprint density at radius 1 is 1.25 bits per heavy atom.